The third kappa shape index (κ3) is 8.13. The van der Waals surface area contributed by atoms with Crippen LogP contribution in [0.3, 0.4) is 0 Å². The summed E-state index contributed by atoms with van der Waals surface area (Å²) in [6, 6.07) is 15.9. The summed E-state index contributed by atoms with van der Waals surface area (Å²) in [5.74, 6) is -2.68. The van der Waals surface area contributed by atoms with E-state index in [9.17, 15) is 26.8 Å². The third-order valence-corrected chi connectivity index (χ3v) is 7.45. The minimum atomic E-state index is -4.40. The van der Waals surface area contributed by atoms with Crippen molar-refractivity contribution in [2.75, 3.05) is 20.3 Å². The number of nitrogens with one attached hydrogen (secondary N) is 2. The molecule has 0 saturated heterocycles. The fraction of sp³-hybridized carbons (Fsp3) is 0.207. The van der Waals surface area contributed by atoms with Crippen molar-refractivity contribution in [2.24, 2.45) is 0 Å². The van der Waals surface area contributed by atoms with Crippen LogP contribution in [0.1, 0.15) is 27.9 Å². The van der Waals surface area contributed by atoms with Crippen LogP contribution in [0.5, 0.6) is 11.5 Å². The number of aryl methyl sites for hydroxylation is 1. The third-order valence-electron chi connectivity index (χ3n) is 6.08. The van der Waals surface area contributed by atoms with E-state index in [1.165, 1.54) is 7.11 Å². The molecular weight excluding hydrogens is 570 g/mol. The van der Waals surface area contributed by atoms with Crippen LogP contribution in [0, 0.1) is 11.6 Å². The first-order valence-corrected chi connectivity index (χ1v) is 14.3. The molecule has 10 nitrogen and oxygen atoms in total. The van der Waals surface area contributed by atoms with Crippen molar-refractivity contribution >= 4 is 21.8 Å². The molecule has 0 radical (unpaired) electrons. The average molecular weight is 599 g/mol. The molecule has 4 aromatic rings. The molecule has 42 heavy (non-hydrogen) atoms. The molecule has 0 saturated carbocycles. The highest BCUT2D eigenvalue weighted by atomic mass is 32.2. The second-order valence-electron chi connectivity index (χ2n) is 9.09. The van der Waals surface area contributed by atoms with Gasteiger partial charge in [-0.05, 0) is 66.1 Å². The maximum Gasteiger partial charge on any atom is 0.264 e. The molecule has 0 atom stereocenters. The largest absolute Gasteiger partial charge is 0.497 e. The van der Waals surface area contributed by atoms with E-state index in [-0.39, 0.29) is 31.9 Å². The highest BCUT2D eigenvalue weighted by Crippen LogP contribution is 2.23. The number of carbonyl (C=O) groups is 2. The number of carbonyl (C=O) groups excluding carboxylic acids is 2. The lowest BCUT2D eigenvalue weighted by molar-refractivity contribution is -0.119. The summed E-state index contributed by atoms with van der Waals surface area (Å²) in [7, 11) is -2.89. The molecule has 3 aromatic carbocycles. The van der Waals surface area contributed by atoms with Crippen molar-refractivity contribution < 1.29 is 36.3 Å². The standard InChI is InChI=1S/C29H28F2N4O6S/c1-40-23-5-2-4-22(17-23)29(37)32-13-15-41-27-16-20(19-35-14-3-12-33-35)6-7-21(27)8-11-28(36)34-42(38,39)24-9-10-25(30)26(31)18-24/h2-7,9-10,12,14,16-18H,8,11,13,15,19H2,1H3,(H,32,37)(H,34,36). The molecule has 2 amide bonds. The van der Waals surface area contributed by atoms with E-state index in [0.29, 0.717) is 41.3 Å². The fourth-order valence-electron chi connectivity index (χ4n) is 3.96. The van der Waals surface area contributed by atoms with Crippen LogP contribution in [-0.2, 0) is 27.8 Å². The smallest absolute Gasteiger partial charge is 0.264 e. The Bertz CT molecular complexity index is 1660. The van der Waals surface area contributed by atoms with E-state index < -0.39 is 32.5 Å². The summed E-state index contributed by atoms with van der Waals surface area (Å²) in [4.78, 5) is 24.4. The first-order chi connectivity index (χ1) is 20.1. The number of halogens is 2. The van der Waals surface area contributed by atoms with Gasteiger partial charge in [0.15, 0.2) is 11.6 Å². The fourth-order valence-corrected chi connectivity index (χ4v) is 4.99. The number of sulfonamides is 1. The predicted octanol–water partition coefficient (Wildman–Crippen LogP) is 3.46. The van der Waals surface area contributed by atoms with Gasteiger partial charge in [-0.2, -0.15) is 5.10 Å². The molecule has 2 N–H and O–H groups in total. The molecule has 0 bridgehead atoms. The molecule has 220 valence electrons. The van der Waals surface area contributed by atoms with Gasteiger partial charge in [0.2, 0.25) is 5.91 Å². The molecule has 1 aromatic heterocycles. The number of amides is 2. The normalized spacial score (nSPS) is 11.1. The number of aromatic nitrogens is 2. The Morgan fingerprint density at radius 1 is 1.00 bits per heavy atom. The lowest BCUT2D eigenvalue weighted by Gasteiger charge is -2.14. The number of hydrogen-bond acceptors (Lipinski definition) is 7. The van der Waals surface area contributed by atoms with Crippen LogP contribution >= 0.6 is 0 Å². The van der Waals surface area contributed by atoms with E-state index in [4.69, 9.17) is 9.47 Å². The minimum absolute atomic E-state index is 0.116. The van der Waals surface area contributed by atoms with Gasteiger partial charge < -0.3 is 14.8 Å². The van der Waals surface area contributed by atoms with Gasteiger partial charge in [0.1, 0.15) is 18.1 Å². The van der Waals surface area contributed by atoms with E-state index in [2.05, 4.69) is 10.4 Å². The molecule has 0 unspecified atom stereocenters. The van der Waals surface area contributed by atoms with Crippen LogP contribution in [0.15, 0.2) is 84.0 Å². The lowest BCUT2D eigenvalue weighted by atomic mass is 10.1. The van der Waals surface area contributed by atoms with Crippen LogP contribution in [-0.4, -0.2) is 50.3 Å². The van der Waals surface area contributed by atoms with Gasteiger partial charge in [-0.1, -0.05) is 18.2 Å². The Morgan fingerprint density at radius 2 is 1.83 bits per heavy atom. The van der Waals surface area contributed by atoms with E-state index >= 15 is 0 Å². The van der Waals surface area contributed by atoms with Crippen molar-refractivity contribution in [1.82, 2.24) is 19.8 Å². The maximum atomic E-state index is 13.5. The summed E-state index contributed by atoms with van der Waals surface area (Å²) >= 11 is 0. The van der Waals surface area contributed by atoms with Crippen molar-refractivity contribution in [3.8, 4) is 11.5 Å². The second kappa shape index (κ2) is 13.7. The molecule has 0 aliphatic rings. The van der Waals surface area contributed by atoms with Gasteiger partial charge in [-0.3, -0.25) is 14.3 Å². The Balaban J connectivity index is 1.40. The first kappa shape index (κ1) is 30.2. The summed E-state index contributed by atoms with van der Waals surface area (Å²) in [5, 5.41) is 6.97. The van der Waals surface area contributed by atoms with E-state index in [1.54, 1.807) is 59.5 Å². The molecular formula is C29H28F2N4O6S. The zero-order chi connectivity index (χ0) is 30.1. The average Bonchev–Trinajstić information content (AvgIpc) is 3.49. The van der Waals surface area contributed by atoms with Gasteiger partial charge in [-0.15, -0.1) is 0 Å². The SMILES string of the molecule is COc1cccc(C(=O)NCCOc2cc(Cn3cccn3)ccc2CCC(=O)NS(=O)(=O)c2ccc(F)c(F)c2)c1. The first-order valence-electron chi connectivity index (χ1n) is 12.8. The summed E-state index contributed by atoms with van der Waals surface area (Å²) in [6.45, 7) is 0.764. The van der Waals surface area contributed by atoms with E-state index in [1.807, 2.05) is 10.8 Å². The minimum Gasteiger partial charge on any atom is -0.497 e. The maximum absolute atomic E-state index is 13.5. The number of methoxy groups -OCH3 is 1. The zero-order valence-electron chi connectivity index (χ0n) is 22.5. The van der Waals surface area contributed by atoms with Crippen LogP contribution < -0.4 is 19.5 Å². The van der Waals surface area contributed by atoms with Gasteiger partial charge in [0.25, 0.3) is 15.9 Å². The van der Waals surface area contributed by atoms with Crippen molar-refractivity contribution in [3.63, 3.8) is 0 Å². The van der Waals surface area contributed by atoms with Crippen LogP contribution in [0.2, 0.25) is 0 Å². The van der Waals surface area contributed by atoms with Gasteiger partial charge >= 0.3 is 0 Å². The lowest BCUT2D eigenvalue weighted by Crippen LogP contribution is -2.31. The van der Waals surface area contributed by atoms with E-state index in [0.717, 1.165) is 11.6 Å². The molecule has 0 aliphatic carbocycles. The molecule has 1 heterocycles. The number of benzene rings is 3. The number of rotatable bonds is 13. The summed E-state index contributed by atoms with van der Waals surface area (Å²) < 4.78 is 66.3. The topological polar surface area (TPSA) is 129 Å². The van der Waals surface area contributed by atoms with Crippen LogP contribution in [0.4, 0.5) is 8.78 Å². The predicted molar refractivity (Wildman–Crippen MR) is 149 cm³/mol. The monoisotopic (exact) mass is 598 g/mol. The van der Waals surface area contributed by atoms with Gasteiger partial charge in [-0.25, -0.2) is 21.9 Å². The van der Waals surface area contributed by atoms with Gasteiger partial charge in [0, 0.05) is 24.4 Å². The Labute approximate surface area is 241 Å². The molecule has 0 fully saturated rings. The number of hydrogen-bond donors (Lipinski definition) is 2. The van der Waals surface area contributed by atoms with Crippen molar-refractivity contribution in [3.05, 3.63) is 107 Å². The Hall–Kier alpha value is -4.78. The van der Waals surface area contributed by atoms with Crippen molar-refractivity contribution in [2.45, 2.75) is 24.3 Å². The Kier molecular flexibility index (Phi) is 9.86. The van der Waals surface area contributed by atoms with Crippen LogP contribution in [0.25, 0.3) is 0 Å². The summed E-state index contributed by atoms with van der Waals surface area (Å²) in [6.07, 6.45) is 3.35. The molecule has 0 spiro atoms. The Morgan fingerprint density at radius 3 is 2.57 bits per heavy atom. The quantitative estimate of drug-likeness (QED) is 0.226. The molecule has 4 rings (SSSR count). The molecule has 13 heteroatoms. The second-order valence-corrected chi connectivity index (χ2v) is 10.8. The number of nitrogens with zero attached hydrogens (tertiary/aromatic N) is 2. The highest BCUT2D eigenvalue weighted by molar-refractivity contribution is 7.90. The molecule has 0 aliphatic heterocycles. The number of ether oxygens (including phenoxy) is 2. The highest BCUT2D eigenvalue weighted by Gasteiger charge is 2.20. The van der Waals surface area contributed by atoms with Gasteiger partial charge in [0.05, 0.1) is 25.1 Å². The summed E-state index contributed by atoms with van der Waals surface area (Å²) in [5.41, 5.74) is 1.92. The zero-order valence-corrected chi connectivity index (χ0v) is 23.4. The van der Waals surface area contributed by atoms with Crippen molar-refractivity contribution in [1.29, 1.82) is 0 Å².